The van der Waals surface area contributed by atoms with E-state index in [4.69, 9.17) is 5.73 Å². The van der Waals surface area contributed by atoms with Crippen molar-refractivity contribution in [3.05, 3.63) is 41.3 Å². The first-order valence-electron chi connectivity index (χ1n) is 5.25. The Morgan fingerprint density at radius 2 is 1.56 bits per heavy atom. The van der Waals surface area contributed by atoms with Crippen LogP contribution in [-0.4, -0.2) is 9.97 Å². The molecule has 1 aromatic carbocycles. The maximum absolute atomic E-state index is 5.94. The second-order valence-electron chi connectivity index (χ2n) is 3.98. The number of nitrogen functional groups attached to an aromatic ring is 1. The van der Waals surface area contributed by atoms with Crippen LogP contribution in [0.2, 0.25) is 0 Å². The van der Waals surface area contributed by atoms with Gasteiger partial charge in [0.2, 0.25) is 0 Å². The second kappa shape index (κ2) is 3.93. The molecular formula is C13H15N3. The molecular weight excluding hydrogens is 198 g/mol. The van der Waals surface area contributed by atoms with Gasteiger partial charge in [0.1, 0.15) is 11.6 Å². The van der Waals surface area contributed by atoms with Gasteiger partial charge in [0.15, 0.2) is 0 Å². The van der Waals surface area contributed by atoms with Crippen LogP contribution in [0.4, 0.5) is 5.82 Å². The lowest BCUT2D eigenvalue weighted by molar-refractivity contribution is 1.02. The third-order valence-corrected chi connectivity index (χ3v) is 2.57. The predicted octanol–water partition coefficient (Wildman–Crippen LogP) is 2.65. The fourth-order valence-electron chi connectivity index (χ4n) is 1.82. The van der Waals surface area contributed by atoms with E-state index in [1.54, 1.807) is 0 Å². The van der Waals surface area contributed by atoms with Crippen LogP contribution in [0.25, 0.3) is 11.1 Å². The smallest absolute Gasteiger partial charge is 0.135 e. The minimum atomic E-state index is 0.550. The van der Waals surface area contributed by atoms with Gasteiger partial charge in [-0.05, 0) is 26.3 Å². The largest absolute Gasteiger partial charge is 0.383 e. The van der Waals surface area contributed by atoms with Gasteiger partial charge in [-0.25, -0.2) is 9.97 Å². The number of rotatable bonds is 1. The Morgan fingerprint density at radius 3 is 2.12 bits per heavy atom. The van der Waals surface area contributed by atoms with Crippen LogP contribution in [0.3, 0.4) is 0 Å². The molecule has 0 bridgehead atoms. The van der Waals surface area contributed by atoms with Gasteiger partial charge >= 0.3 is 0 Å². The predicted molar refractivity (Wildman–Crippen MR) is 66.1 cm³/mol. The highest BCUT2D eigenvalue weighted by atomic mass is 14.9. The van der Waals surface area contributed by atoms with Crippen LogP contribution in [0, 0.1) is 20.8 Å². The molecule has 82 valence electrons. The number of hydrogen-bond acceptors (Lipinski definition) is 3. The van der Waals surface area contributed by atoms with Crippen molar-refractivity contribution < 1.29 is 0 Å². The number of benzene rings is 1. The van der Waals surface area contributed by atoms with Crippen LogP contribution >= 0.6 is 0 Å². The van der Waals surface area contributed by atoms with Gasteiger partial charge in [0.25, 0.3) is 0 Å². The summed E-state index contributed by atoms with van der Waals surface area (Å²) in [4.78, 5) is 8.54. The molecule has 0 aliphatic heterocycles. The van der Waals surface area contributed by atoms with Crippen molar-refractivity contribution in [2.24, 2.45) is 0 Å². The molecule has 1 heterocycles. The van der Waals surface area contributed by atoms with Crippen molar-refractivity contribution in [3.63, 3.8) is 0 Å². The number of anilines is 1. The lowest BCUT2D eigenvalue weighted by atomic mass is 10.0. The van der Waals surface area contributed by atoms with E-state index in [9.17, 15) is 0 Å². The fraction of sp³-hybridized carbons (Fsp3) is 0.231. The molecule has 2 aromatic rings. The molecule has 3 nitrogen and oxygen atoms in total. The van der Waals surface area contributed by atoms with Crippen LogP contribution in [0.5, 0.6) is 0 Å². The molecule has 0 spiro atoms. The Hall–Kier alpha value is -1.90. The van der Waals surface area contributed by atoms with Gasteiger partial charge in [-0.1, -0.05) is 29.8 Å². The monoisotopic (exact) mass is 213 g/mol. The molecule has 2 N–H and O–H groups in total. The van der Waals surface area contributed by atoms with Gasteiger partial charge < -0.3 is 5.73 Å². The fourth-order valence-corrected chi connectivity index (χ4v) is 1.82. The zero-order valence-electron chi connectivity index (χ0n) is 9.78. The van der Waals surface area contributed by atoms with Crippen LogP contribution in [0.1, 0.15) is 17.1 Å². The average molecular weight is 213 g/mol. The molecule has 0 radical (unpaired) electrons. The normalized spacial score (nSPS) is 10.4. The number of nitrogens with two attached hydrogens (primary N) is 1. The van der Waals surface area contributed by atoms with E-state index in [1.165, 1.54) is 5.56 Å². The summed E-state index contributed by atoms with van der Waals surface area (Å²) in [5.41, 5.74) is 10.1. The van der Waals surface area contributed by atoms with Gasteiger partial charge in [0, 0.05) is 5.56 Å². The van der Waals surface area contributed by atoms with Crippen molar-refractivity contribution >= 4 is 5.82 Å². The first-order valence-corrected chi connectivity index (χ1v) is 5.25. The quantitative estimate of drug-likeness (QED) is 0.792. The van der Waals surface area contributed by atoms with E-state index in [0.29, 0.717) is 11.6 Å². The molecule has 16 heavy (non-hydrogen) atoms. The summed E-state index contributed by atoms with van der Waals surface area (Å²) in [6, 6.07) is 8.22. The third-order valence-electron chi connectivity index (χ3n) is 2.57. The Bertz CT molecular complexity index is 492. The van der Waals surface area contributed by atoms with Gasteiger partial charge in [-0.2, -0.15) is 0 Å². The molecule has 0 fully saturated rings. The number of aromatic nitrogens is 2. The summed E-state index contributed by atoms with van der Waals surface area (Å²) in [6.07, 6.45) is 0. The summed E-state index contributed by atoms with van der Waals surface area (Å²) in [7, 11) is 0. The Kier molecular flexibility index (Phi) is 2.60. The second-order valence-corrected chi connectivity index (χ2v) is 3.98. The molecule has 0 amide bonds. The van der Waals surface area contributed by atoms with Crippen molar-refractivity contribution in [2.45, 2.75) is 20.8 Å². The summed E-state index contributed by atoms with van der Waals surface area (Å²) >= 11 is 0. The SMILES string of the molecule is Cc1ccc(-c2c(C)nc(C)nc2N)cc1. The summed E-state index contributed by atoms with van der Waals surface area (Å²) < 4.78 is 0. The maximum atomic E-state index is 5.94. The van der Waals surface area contributed by atoms with Gasteiger partial charge in [0.05, 0.1) is 5.69 Å². The van der Waals surface area contributed by atoms with Gasteiger partial charge in [-0.3, -0.25) is 0 Å². The minimum absolute atomic E-state index is 0.550. The first-order chi connectivity index (χ1) is 7.58. The Balaban J connectivity index is 2.60. The highest BCUT2D eigenvalue weighted by Gasteiger charge is 2.09. The Morgan fingerprint density at radius 1 is 0.938 bits per heavy atom. The molecule has 0 atom stereocenters. The molecule has 0 saturated carbocycles. The first kappa shape index (κ1) is 10.6. The van der Waals surface area contributed by atoms with Crippen LogP contribution in [0.15, 0.2) is 24.3 Å². The van der Waals surface area contributed by atoms with Crippen molar-refractivity contribution in [2.75, 3.05) is 5.73 Å². The third kappa shape index (κ3) is 1.89. The lowest BCUT2D eigenvalue weighted by Gasteiger charge is -2.09. The minimum Gasteiger partial charge on any atom is -0.383 e. The van der Waals surface area contributed by atoms with Crippen molar-refractivity contribution in [1.82, 2.24) is 9.97 Å². The van der Waals surface area contributed by atoms with Crippen LogP contribution in [-0.2, 0) is 0 Å². The highest BCUT2D eigenvalue weighted by Crippen LogP contribution is 2.27. The zero-order valence-corrected chi connectivity index (χ0v) is 9.78. The average Bonchev–Trinajstić information content (AvgIpc) is 2.19. The molecule has 0 aliphatic carbocycles. The summed E-state index contributed by atoms with van der Waals surface area (Å²) in [5.74, 6) is 1.26. The van der Waals surface area contributed by atoms with Crippen LogP contribution < -0.4 is 5.73 Å². The lowest BCUT2D eigenvalue weighted by Crippen LogP contribution is -2.02. The molecule has 1 aromatic heterocycles. The summed E-state index contributed by atoms with van der Waals surface area (Å²) in [5, 5.41) is 0. The highest BCUT2D eigenvalue weighted by molar-refractivity contribution is 5.75. The standard InChI is InChI=1S/C13H15N3/c1-8-4-6-11(7-5-8)12-9(2)15-10(3)16-13(12)14/h4-7H,1-3H3,(H2,14,15,16). The van der Waals surface area contributed by atoms with E-state index in [-0.39, 0.29) is 0 Å². The molecule has 0 unspecified atom stereocenters. The molecule has 0 saturated heterocycles. The van der Waals surface area contributed by atoms with Gasteiger partial charge in [-0.15, -0.1) is 0 Å². The maximum Gasteiger partial charge on any atom is 0.135 e. The van der Waals surface area contributed by atoms with E-state index in [2.05, 4.69) is 29.0 Å². The molecule has 2 rings (SSSR count). The molecule has 3 heteroatoms. The number of aryl methyl sites for hydroxylation is 3. The topological polar surface area (TPSA) is 51.8 Å². The summed E-state index contributed by atoms with van der Waals surface area (Å²) in [6.45, 7) is 5.87. The number of nitrogens with zero attached hydrogens (tertiary/aromatic N) is 2. The number of hydrogen-bond donors (Lipinski definition) is 1. The zero-order chi connectivity index (χ0) is 11.7. The van der Waals surface area contributed by atoms with Crippen molar-refractivity contribution in [3.8, 4) is 11.1 Å². The van der Waals surface area contributed by atoms with E-state index < -0.39 is 0 Å². The molecule has 0 aliphatic rings. The van der Waals surface area contributed by atoms with E-state index in [1.807, 2.05) is 26.0 Å². The van der Waals surface area contributed by atoms with Crippen molar-refractivity contribution in [1.29, 1.82) is 0 Å². The van der Waals surface area contributed by atoms with E-state index >= 15 is 0 Å². The van der Waals surface area contributed by atoms with E-state index in [0.717, 1.165) is 16.8 Å². The Labute approximate surface area is 95.4 Å².